The van der Waals surface area contributed by atoms with Crippen molar-refractivity contribution < 1.29 is 9.18 Å². The van der Waals surface area contributed by atoms with Gasteiger partial charge in [-0.25, -0.2) is 4.98 Å². The van der Waals surface area contributed by atoms with E-state index in [9.17, 15) is 9.18 Å². The normalized spacial score (nSPS) is 11.2. The molecule has 0 fully saturated rings. The van der Waals surface area contributed by atoms with E-state index >= 15 is 0 Å². The Balaban J connectivity index is 2.10. The summed E-state index contributed by atoms with van der Waals surface area (Å²) in [5.74, 6) is -0.905. The minimum Gasteiger partial charge on any atom is -0.322 e. The number of pyridine rings is 1. The average Bonchev–Trinajstić information content (AvgIpc) is 2.39. The fourth-order valence-corrected chi connectivity index (χ4v) is 1.77. The van der Waals surface area contributed by atoms with Gasteiger partial charge in [-0.15, -0.1) is 0 Å². The summed E-state index contributed by atoms with van der Waals surface area (Å²) in [5.41, 5.74) is 2.29. The molecule has 0 atom stereocenters. The molecule has 0 radical (unpaired) electrons. The van der Waals surface area contributed by atoms with Crippen LogP contribution in [-0.2, 0) is 5.41 Å². The predicted octanol–water partition coefficient (Wildman–Crippen LogP) is 3.77. The molecule has 0 aliphatic rings. The molecule has 1 aromatic heterocycles. The second kappa shape index (κ2) is 5.41. The number of nitrogens with one attached hydrogen (secondary N) is 1. The average molecular weight is 272 g/mol. The first-order valence-corrected chi connectivity index (χ1v) is 6.40. The topological polar surface area (TPSA) is 42.0 Å². The van der Waals surface area contributed by atoms with Crippen LogP contribution in [0.1, 0.15) is 36.7 Å². The number of carbonyl (C=O) groups is 1. The number of halogens is 1. The number of rotatable bonds is 2. The summed E-state index contributed by atoms with van der Waals surface area (Å²) in [5, 5.41) is 2.75. The number of aromatic nitrogens is 1. The number of hydrogen-bond acceptors (Lipinski definition) is 2. The Morgan fingerprint density at radius 2 is 1.75 bits per heavy atom. The highest BCUT2D eigenvalue weighted by Crippen LogP contribution is 2.23. The molecule has 0 unspecified atom stereocenters. The number of carbonyl (C=O) groups excluding carboxylic acids is 1. The van der Waals surface area contributed by atoms with E-state index in [1.165, 1.54) is 17.8 Å². The van der Waals surface area contributed by atoms with Gasteiger partial charge >= 0.3 is 0 Å². The van der Waals surface area contributed by atoms with Crippen LogP contribution in [0.4, 0.5) is 10.1 Å². The molecule has 2 aromatic rings. The van der Waals surface area contributed by atoms with Gasteiger partial charge in [0.2, 0.25) is 5.95 Å². The van der Waals surface area contributed by atoms with Crippen LogP contribution < -0.4 is 5.32 Å². The fraction of sp³-hybridized carbons (Fsp3) is 0.250. The van der Waals surface area contributed by atoms with Gasteiger partial charge in [0.05, 0.1) is 5.56 Å². The van der Waals surface area contributed by atoms with Crippen molar-refractivity contribution in [1.29, 1.82) is 0 Å². The molecule has 0 saturated carbocycles. The number of anilines is 1. The molecule has 20 heavy (non-hydrogen) atoms. The molecule has 1 N–H and O–H groups in total. The zero-order valence-corrected chi connectivity index (χ0v) is 11.8. The zero-order valence-electron chi connectivity index (χ0n) is 11.8. The second-order valence-corrected chi connectivity index (χ2v) is 5.65. The lowest BCUT2D eigenvalue weighted by Gasteiger charge is -2.19. The van der Waals surface area contributed by atoms with Gasteiger partial charge in [0, 0.05) is 11.9 Å². The first-order valence-electron chi connectivity index (χ1n) is 6.40. The quantitative estimate of drug-likeness (QED) is 0.845. The number of hydrogen-bond donors (Lipinski definition) is 1. The molecule has 4 heteroatoms. The molecule has 1 heterocycles. The smallest absolute Gasteiger partial charge is 0.257 e. The van der Waals surface area contributed by atoms with Crippen LogP contribution in [0.2, 0.25) is 0 Å². The van der Waals surface area contributed by atoms with E-state index in [1.807, 2.05) is 24.3 Å². The minimum atomic E-state index is -0.601. The van der Waals surface area contributed by atoms with E-state index < -0.39 is 5.95 Å². The molecule has 1 aromatic carbocycles. The Bertz CT molecular complexity index is 598. The van der Waals surface area contributed by atoms with Crippen molar-refractivity contribution in [3.63, 3.8) is 0 Å². The Kier molecular flexibility index (Phi) is 3.84. The summed E-state index contributed by atoms with van der Waals surface area (Å²) in [6.07, 6.45) is 1.22. The molecule has 0 bridgehead atoms. The highest BCUT2D eigenvalue weighted by Gasteiger charge is 2.13. The maximum absolute atomic E-state index is 12.7. The van der Waals surface area contributed by atoms with E-state index in [-0.39, 0.29) is 11.3 Å². The van der Waals surface area contributed by atoms with Gasteiger partial charge in [0.1, 0.15) is 0 Å². The van der Waals surface area contributed by atoms with Crippen molar-refractivity contribution in [2.24, 2.45) is 0 Å². The van der Waals surface area contributed by atoms with Gasteiger partial charge in [-0.2, -0.15) is 4.39 Å². The Morgan fingerprint density at radius 1 is 1.10 bits per heavy atom. The van der Waals surface area contributed by atoms with Crippen molar-refractivity contribution in [3.05, 3.63) is 59.7 Å². The Hall–Kier alpha value is -2.23. The van der Waals surface area contributed by atoms with Gasteiger partial charge in [-0.3, -0.25) is 4.79 Å². The van der Waals surface area contributed by atoms with Crippen LogP contribution >= 0.6 is 0 Å². The van der Waals surface area contributed by atoms with Crippen molar-refractivity contribution in [2.45, 2.75) is 26.2 Å². The van der Waals surface area contributed by atoms with Crippen LogP contribution in [-0.4, -0.2) is 10.9 Å². The van der Waals surface area contributed by atoms with Gasteiger partial charge < -0.3 is 5.32 Å². The highest BCUT2D eigenvalue weighted by molar-refractivity contribution is 6.04. The summed E-state index contributed by atoms with van der Waals surface area (Å²) >= 11 is 0. The van der Waals surface area contributed by atoms with Crippen molar-refractivity contribution >= 4 is 11.6 Å². The van der Waals surface area contributed by atoms with Crippen LogP contribution in [0, 0.1) is 5.95 Å². The molecule has 2 rings (SSSR count). The molecule has 3 nitrogen and oxygen atoms in total. The van der Waals surface area contributed by atoms with Gasteiger partial charge in [0.15, 0.2) is 0 Å². The monoisotopic (exact) mass is 272 g/mol. The van der Waals surface area contributed by atoms with Crippen LogP contribution in [0.5, 0.6) is 0 Å². The van der Waals surface area contributed by atoms with Crippen LogP contribution in [0.3, 0.4) is 0 Å². The van der Waals surface area contributed by atoms with Crippen LogP contribution in [0.15, 0.2) is 42.6 Å². The summed E-state index contributed by atoms with van der Waals surface area (Å²) in [4.78, 5) is 15.4. The molecule has 0 aliphatic carbocycles. The third-order valence-electron chi connectivity index (χ3n) is 3.00. The van der Waals surface area contributed by atoms with E-state index in [1.54, 1.807) is 0 Å². The molecular formula is C16H17FN2O. The molecule has 104 valence electrons. The van der Waals surface area contributed by atoms with Crippen LogP contribution in [0.25, 0.3) is 0 Å². The zero-order chi connectivity index (χ0) is 14.8. The summed E-state index contributed by atoms with van der Waals surface area (Å²) in [7, 11) is 0. The lowest BCUT2D eigenvalue weighted by Crippen LogP contribution is -2.14. The third-order valence-corrected chi connectivity index (χ3v) is 3.00. The van der Waals surface area contributed by atoms with Crippen molar-refractivity contribution in [3.8, 4) is 0 Å². The lowest BCUT2D eigenvalue weighted by atomic mass is 9.87. The summed E-state index contributed by atoms with van der Waals surface area (Å²) in [6, 6.07) is 10.3. The molecule has 0 saturated heterocycles. The second-order valence-electron chi connectivity index (χ2n) is 5.65. The van der Waals surface area contributed by atoms with E-state index in [2.05, 4.69) is 31.1 Å². The van der Waals surface area contributed by atoms with E-state index in [0.29, 0.717) is 11.3 Å². The van der Waals surface area contributed by atoms with Gasteiger partial charge in [0.25, 0.3) is 5.91 Å². The van der Waals surface area contributed by atoms with Crippen molar-refractivity contribution in [1.82, 2.24) is 4.98 Å². The Labute approximate surface area is 117 Å². The molecule has 1 amide bonds. The third kappa shape index (κ3) is 3.41. The maximum atomic E-state index is 12.7. The van der Waals surface area contributed by atoms with Gasteiger partial charge in [-0.1, -0.05) is 32.9 Å². The number of nitrogens with zero attached hydrogens (tertiary/aromatic N) is 1. The van der Waals surface area contributed by atoms with E-state index in [4.69, 9.17) is 0 Å². The maximum Gasteiger partial charge on any atom is 0.257 e. The number of amides is 1. The highest BCUT2D eigenvalue weighted by atomic mass is 19.1. The van der Waals surface area contributed by atoms with Crippen molar-refractivity contribution in [2.75, 3.05) is 5.32 Å². The first-order chi connectivity index (χ1) is 9.36. The lowest BCUT2D eigenvalue weighted by molar-refractivity contribution is 0.102. The summed E-state index contributed by atoms with van der Waals surface area (Å²) in [6.45, 7) is 6.39. The molecule has 0 aliphatic heterocycles. The standard InChI is InChI=1S/C16H17FN2O/c1-16(2,3)12-5-7-13(8-6-12)19-15(20)11-4-9-14(17)18-10-11/h4-10H,1-3H3,(H,19,20). The summed E-state index contributed by atoms with van der Waals surface area (Å²) < 4.78 is 12.7. The SMILES string of the molecule is CC(C)(C)c1ccc(NC(=O)c2ccc(F)nc2)cc1. The number of benzene rings is 1. The first kappa shape index (κ1) is 14.2. The minimum absolute atomic E-state index is 0.0728. The van der Waals surface area contributed by atoms with Gasteiger partial charge in [-0.05, 0) is 35.2 Å². The van der Waals surface area contributed by atoms with E-state index in [0.717, 1.165) is 6.07 Å². The Morgan fingerprint density at radius 3 is 2.25 bits per heavy atom. The fourth-order valence-electron chi connectivity index (χ4n) is 1.77. The molecular weight excluding hydrogens is 255 g/mol. The predicted molar refractivity (Wildman–Crippen MR) is 77.3 cm³/mol. The molecule has 0 spiro atoms. The largest absolute Gasteiger partial charge is 0.322 e.